The van der Waals surface area contributed by atoms with E-state index in [1.54, 1.807) is 39.0 Å². The van der Waals surface area contributed by atoms with Crippen LogP contribution < -0.4 is 15.6 Å². The van der Waals surface area contributed by atoms with E-state index in [0.29, 0.717) is 39.6 Å². The van der Waals surface area contributed by atoms with Gasteiger partial charge in [0.05, 0.1) is 47.1 Å². The van der Waals surface area contributed by atoms with Crippen LogP contribution in [0.3, 0.4) is 0 Å². The molecule has 0 saturated carbocycles. The lowest BCUT2D eigenvalue weighted by atomic mass is 10.1. The number of fused-ring (bicyclic) bond motifs is 1. The molecule has 1 amide bonds. The van der Waals surface area contributed by atoms with Crippen molar-refractivity contribution in [3.63, 3.8) is 0 Å². The van der Waals surface area contributed by atoms with Crippen LogP contribution in [0.25, 0.3) is 10.8 Å². The van der Waals surface area contributed by atoms with Crippen molar-refractivity contribution in [1.82, 2.24) is 9.88 Å². The van der Waals surface area contributed by atoms with Gasteiger partial charge in [-0.1, -0.05) is 36.5 Å². The topological polar surface area (TPSA) is 82.7 Å². The first kappa shape index (κ1) is 25.0. The third-order valence-electron chi connectivity index (χ3n) is 4.81. The molecule has 33 heavy (non-hydrogen) atoms. The van der Waals surface area contributed by atoms with Gasteiger partial charge in [-0.2, -0.15) is 0 Å². The number of aromatic nitrogens is 1. The zero-order valence-electron chi connectivity index (χ0n) is 19.2. The Balaban J connectivity index is 2.16. The van der Waals surface area contributed by atoms with Gasteiger partial charge in [0.2, 0.25) is 0 Å². The van der Waals surface area contributed by atoms with Crippen LogP contribution >= 0.6 is 23.2 Å². The Hall–Kier alpha value is -2.64. The number of hydrogen-bond donors (Lipinski definition) is 1. The highest BCUT2D eigenvalue weighted by atomic mass is 35.5. The van der Waals surface area contributed by atoms with Gasteiger partial charge in [0.1, 0.15) is 17.1 Å². The Kier molecular flexibility index (Phi) is 7.97. The van der Waals surface area contributed by atoms with E-state index in [1.165, 1.54) is 16.9 Å². The Bertz CT molecular complexity index is 1180. The smallest absolute Gasteiger partial charge is 0.407 e. The third-order valence-corrected chi connectivity index (χ3v) is 5.53. The number of unbranched alkanes of at least 4 members (excludes halogenated alkanes) is 1. The highest BCUT2D eigenvalue weighted by Crippen LogP contribution is 2.34. The number of ether oxygens (including phenoxy) is 2. The summed E-state index contributed by atoms with van der Waals surface area (Å²) in [6.07, 6.45) is 2.68. The maximum atomic E-state index is 13.5. The number of nitrogens with zero attached hydrogens (tertiary/aromatic N) is 1. The summed E-state index contributed by atoms with van der Waals surface area (Å²) < 4.78 is 18.5. The summed E-state index contributed by atoms with van der Waals surface area (Å²) in [7, 11) is 0. The number of carbonyl (C=O) groups excluding carboxylic acids is 1. The van der Waals surface area contributed by atoms with E-state index < -0.39 is 11.7 Å². The number of nitrogens with one attached hydrogen (secondary N) is 1. The summed E-state index contributed by atoms with van der Waals surface area (Å²) in [4.78, 5) is 25.9. The highest BCUT2D eigenvalue weighted by molar-refractivity contribution is 6.42. The molecule has 0 spiro atoms. The molecule has 178 valence electrons. The van der Waals surface area contributed by atoms with Crippen LogP contribution in [0.2, 0.25) is 10.0 Å². The summed E-state index contributed by atoms with van der Waals surface area (Å²) >= 11 is 12.5. The predicted octanol–water partition coefficient (Wildman–Crippen LogP) is 6.15. The van der Waals surface area contributed by atoms with Crippen LogP contribution in [-0.4, -0.2) is 22.9 Å². The second kappa shape index (κ2) is 10.5. The number of rotatable bonds is 8. The van der Waals surface area contributed by atoms with Gasteiger partial charge in [-0.25, -0.2) is 4.79 Å². The standard InChI is InChI=1S/C24H28Cl2N2O5/c1-5-6-9-32-21-16-11-18(25)19(26)12-17(16)22(29)28(14-15-8-7-10-31-15)20(21)13-27-23(30)33-24(2,3)4/h7-8,10-12H,5-6,9,13-14H2,1-4H3,(H,27,30). The number of pyridine rings is 1. The third kappa shape index (κ3) is 6.24. The van der Waals surface area contributed by atoms with Crippen LogP contribution in [0, 0.1) is 0 Å². The van der Waals surface area contributed by atoms with Gasteiger partial charge in [-0.15, -0.1) is 0 Å². The first-order chi connectivity index (χ1) is 15.6. The van der Waals surface area contributed by atoms with E-state index in [0.717, 1.165) is 12.8 Å². The summed E-state index contributed by atoms with van der Waals surface area (Å²) in [5.74, 6) is 1.04. The molecule has 1 aromatic carbocycles. The normalized spacial score (nSPS) is 11.6. The molecule has 0 aliphatic carbocycles. The molecule has 0 bridgehead atoms. The van der Waals surface area contributed by atoms with Gasteiger partial charge in [-0.05, 0) is 51.5 Å². The van der Waals surface area contributed by atoms with Crippen molar-refractivity contribution >= 4 is 40.1 Å². The van der Waals surface area contributed by atoms with E-state index in [1.807, 2.05) is 0 Å². The van der Waals surface area contributed by atoms with Crippen LogP contribution in [0.5, 0.6) is 5.75 Å². The number of furan rings is 1. The molecule has 7 nitrogen and oxygen atoms in total. The zero-order chi connectivity index (χ0) is 24.2. The minimum Gasteiger partial charge on any atom is -0.491 e. The van der Waals surface area contributed by atoms with Crippen LogP contribution in [-0.2, 0) is 17.8 Å². The molecule has 2 aromatic heterocycles. The van der Waals surface area contributed by atoms with Crippen LogP contribution in [0.15, 0.2) is 39.7 Å². The number of hydrogen-bond acceptors (Lipinski definition) is 5. The second-order valence-corrected chi connectivity index (χ2v) is 9.43. The fourth-order valence-electron chi connectivity index (χ4n) is 3.31. The molecule has 0 fully saturated rings. The number of carbonyl (C=O) groups is 1. The summed E-state index contributed by atoms with van der Waals surface area (Å²) in [6.45, 7) is 7.98. The molecular weight excluding hydrogens is 467 g/mol. The zero-order valence-corrected chi connectivity index (χ0v) is 20.7. The number of halogens is 2. The fourth-order valence-corrected chi connectivity index (χ4v) is 3.64. The van der Waals surface area contributed by atoms with Crippen molar-refractivity contribution in [2.75, 3.05) is 6.61 Å². The SMILES string of the molecule is CCCCOc1c(CNC(=O)OC(C)(C)C)n(Cc2ccco2)c(=O)c2cc(Cl)c(Cl)cc12. The van der Waals surface area contributed by atoms with Crippen LogP contribution in [0.4, 0.5) is 4.79 Å². The van der Waals surface area contributed by atoms with Crippen molar-refractivity contribution in [2.24, 2.45) is 0 Å². The van der Waals surface area contributed by atoms with Crippen molar-refractivity contribution in [2.45, 2.75) is 59.2 Å². The van der Waals surface area contributed by atoms with E-state index in [4.69, 9.17) is 37.1 Å². The van der Waals surface area contributed by atoms with Crippen molar-refractivity contribution in [1.29, 1.82) is 0 Å². The quantitative estimate of drug-likeness (QED) is 0.379. The van der Waals surface area contributed by atoms with Gasteiger partial charge in [0, 0.05) is 5.39 Å². The monoisotopic (exact) mass is 494 g/mol. The van der Waals surface area contributed by atoms with Gasteiger partial charge in [0.25, 0.3) is 5.56 Å². The van der Waals surface area contributed by atoms with Gasteiger partial charge < -0.3 is 19.2 Å². The lowest BCUT2D eigenvalue weighted by molar-refractivity contribution is 0.0522. The molecule has 0 saturated heterocycles. The molecule has 0 aliphatic heterocycles. The molecule has 0 atom stereocenters. The largest absolute Gasteiger partial charge is 0.491 e. The Morgan fingerprint density at radius 1 is 1.18 bits per heavy atom. The minimum atomic E-state index is -0.661. The van der Waals surface area contributed by atoms with E-state index in [9.17, 15) is 9.59 Å². The van der Waals surface area contributed by atoms with E-state index in [2.05, 4.69) is 12.2 Å². The van der Waals surface area contributed by atoms with Gasteiger partial charge in [-0.3, -0.25) is 9.36 Å². The average Bonchev–Trinajstić information content (AvgIpc) is 3.24. The molecule has 0 unspecified atom stereocenters. The van der Waals surface area contributed by atoms with Gasteiger partial charge >= 0.3 is 6.09 Å². The number of alkyl carbamates (subject to hydrolysis) is 1. The summed E-state index contributed by atoms with van der Waals surface area (Å²) in [5, 5.41) is 4.20. The minimum absolute atomic E-state index is 0.00249. The van der Waals surface area contributed by atoms with E-state index >= 15 is 0 Å². The molecule has 0 aliphatic rings. The molecule has 0 radical (unpaired) electrons. The predicted molar refractivity (Wildman–Crippen MR) is 130 cm³/mol. The first-order valence-corrected chi connectivity index (χ1v) is 11.5. The Morgan fingerprint density at radius 2 is 1.88 bits per heavy atom. The van der Waals surface area contributed by atoms with Crippen molar-refractivity contribution < 1.29 is 18.7 Å². The van der Waals surface area contributed by atoms with Crippen molar-refractivity contribution in [3.05, 3.63) is 62.4 Å². The van der Waals surface area contributed by atoms with Crippen molar-refractivity contribution in [3.8, 4) is 5.75 Å². The number of benzene rings is 1. The van der Waals surface area contributed by atoms with Crippen LogP contribution in [0.1, 0.15) is 52.0 Å². The summed E-state index contributed by atoms with van der Waals surface area (Å²) in [6, 6.07) is 6.68. The molecule has 3 rings (SSSR count). The molecule has 2 heterocycles. The Labute approximate surface area is 202 Å². The molecule has 9 heteroatoms. The lowest BCUT2D eigenvalue weighted by Gasteiger charge is -2.22. The first-order valence-electron chi connectivity index (χ1n) is 10.8. The molecule has 3 aromatic rings. The summed E-state index contributed by atoms with van der Waals surface area (Å²) in [5.41, 5.74) is -0.487. The highest BCUT2D eigenvalue weighted by Gasteiger charge is 2.22. The Morgan fingerprint density at radius 3 is 2.48 bits per heavy atom. The maximum absolute atomic E-state index is 13.5. The molecule has 1 N–H and O–H groups in total. The fraction of sp³-hybridized carbons (Fsp3) is 0.417. The number of amides is 1. The van der Waals surface area contributed by atoms with Gasteiger partial charge in [0.15, 0.2) is 0 Å². The van der Waals surface area contributed by atoms with E-state index in [-0.39, 0.29) is 23.7 Å². The average molecular weight is 495 g/mol. The molecular formula is C24H28Cl2N2O5. The lowest BCUT2D eigenvalue weighted by Crippen LogP contribution is -2.34. The second-order valence-electron chi connectivity index (χ2n) is 8.62. The maximum Gasteiger partial charge on any atom is 0.407 e.